The molecule has 0 aliphatic rings. The number of amides is 1. The van der Waals surface area contributed by atoms with Gasteiger partial charge in [0, 0.05) is 12.4 Å². The molecule has 0 fully saturated rings. The van der Waals surface area contributed by atoms with E-state index in [4.69, 9.17) is 5.11 Å². The maximum absolute atomic E-state index is 12.3. The highest BCUT2D eigenvalue weighted by molar-refractivity contribution is 5.96. The van der Waals surface area contributed by atoms with Gasteiger partial charge in [0.1, 0.15) is 6.04 Å². The first kappa shape index (κ1) is 16.9. The smallest absolute Gasteiger partial charge is 0.451 e. The summed E-state index contributed by atoms with van der Waals surface area (Å²) in [6.45, 7) is 3.56. The largest absolute Gasteiger partial charge is 0.480 e. The second-order valence-corrected chi connectivity index (χ2v) is 4.79. The van der Waals surface area contributed by atoms with Crippen molar-refractivity contribution in [2.24, 2.45) is 5.92 Å². The van der Waals surface area contributed by atoms with E-state index < -0.39 is 29.9 Å². The van der Waals surface area contributed by atoms with Crippen molar-refractivity contribution < 1.29 is 27.9 Å². The van der Waals surface area contributed by atoms with E-state index >= 15 is 0 Å². The van der Waals surface area contributed by atoms with Crippen LogP contribution in [0.2, 0.25) is 0 Å². The van der Waals surface area contributed by atoms with E-state index in [9.17, 15) is 22.8 Å². The highest BCUT2D eigenvalue weighted by Crippen LogP contribution is 2.25. The summed E-state index contributed by atoms with van der Waals surface area (Å²) >= 11 is 0. The first-order valence-corrected chi connectivity index (χ1v) is 6.04. The average molecular weight is 305 g/mol. The van der Waals surface area contributed by atoms with Crippen molar-refractivity contribution in [1.82, 2.24) is 15.3 Å². The Morgan fingerprint density at radius 1 is 1.29 bits per heavy atom. The zero-order chi connectivity index (χ0) is 16.2. The lowest BCUT2D eigenvalue weighted by atomic mass is 10.0. The molecular weight excluding hydrogens is 291 g/mol. The van der Waals surface area contributed by atoms with Crippen LogP contribution in [-0.4, -0.2) is 33.0 Å². The molecule has 0 radical (unpaired) electrons. The zero-order valence-electron chi connectivity index (χ0n) is 11.3. The Kier molecular flexibility index (Phi) is 5.23. The molecule has 0 aliphatic carbocycles. The van der Waals surface area contributed by atoms with Crippen molar-refractivity contribution in [3.63, 3.8) is 0 Å². The average Bonchev–Trinajstić information content (AvgIpc) is 2.36. The summed E-state index contributed by atoms with van der Waals surface area (Å²) < 4.78 is 36.8. The number of hydrogen-bond donors (Lipinski definition) is 2. The topological polar surface area (TPSA) is 92.2 Å². The van der Waals surface area contributed by atoms with Crippen molar-refractivity contribution in [2.75, 3.05) is 0 Å². The maximum atomic E-state index is 12.3. The molecule has 1 aromatic rings. The van der Waals surface area contributed by atoms with Gasteiger partial charge in [0.25, 0.3) is 5.91 Å². The number of alkyl halides is 3. The van der Waals surface area contributed by atoms with Crippen LogP contribution < -0.4 is 5.32 Å². The Bertz CT molecular complexity index is 515. The minimum absolute atomic E-state index is 0.0234. The first-order chi connectivity index (χ1) is 9.61. The Morgan fingerprint density at radius 3 is 2.19 bits per heavy atom. The third-order valence-electron chi connectivity index (χ3n) is 2.48. The summed E-state index contributed by atoms with van der Waals surface area (Å²) in [5.74, 6) is -3.40. The summed E-state index contributed by atoms with van der Waals surface area (Å²) in [6.07, 6.45) is -3.09. The number of carboxylic acid groups (broad SMARTS) is 1. The van der Waals surface area contributed by atoms with E-state index in [2.05, 4.69) is 15.3 Å². The van der Waals surface area contributed by atoms with Gasteiger partial charge in [-0.2, -0.15) is 13.2 Å². The summed E-state index contributed by atoms with van der Waals surface area (Å²) in [4.78, 5) is 28.8. The van der Waals surface area contributed by atoms with Crippen LogP contribution in [0.25, 0.3) is 0 Å². The van der Waals surface area contributed by atoms with Crippen LogP contribution in [0.15, 0.2) is 12.4 Å². The molecule has 1 heterocycles. The number of halogens is 3. The number of nitrogens with one attached hydrogen (secondary N) is 1. The van der Waals surface area contributed by atoms with Gasteiger partial charge in [-0.1, -0.05) is 13.8 Å². The van der Waals surface area contributed by atoms with Gasteiger partial charge < -0.3 is 10.4 Å². The number of rotatable bonds is 5. The number of aliphatic carboxylic acids is 1. The van der Waals surface area contributed by atoms with Crippen LogP contribution in [0.1, 0.15) is 36.5 Å². The van der Waals surface area contributed by atoms with Crippen LogP contribution in [0.4, 0.5) is 13.2 Å². The lowest BCUT2D eigenvalue weighted by molar-refractivity contribution is -0.145. The van der Waals surface area contributed by atoms with Crippen molar-refractivity contribution in [3.05, 3.63) is 23.8 Å². The predicted molar refractivity (Wildman–Crippen MR) is 65.4 cm³/mol. The fourth-order valence-electron chi connectivity index (χ4n) is 1.53. The van der Waals surface area contributed by atoms with Gasteiger partial charge in [-0.3, -0.25) is 4.79 Å². The normalized spacial score (nSPS) is 13.0. The molecule has 0 aliphatic heterocycles. The summed E-state index contributed by atoms with van der Waals surface area (Å²) in [6, 6.07) is -1.13. The molecule has 1 atom stereocenters. The maximum Gasteiger partial charge on any atom is 0.451 e. The minimum atomic E-state index is -4.70. The van der Waals surface area contributed by atoms with Gasteiger partial charge in [-0.25, -0.2) is 14.8 Å². The summed E-state index contributed by atoms with van der Waals surface area (Å²) in [5.41, 5.74) is -0.238. The summed E-state index contributed by atoms with van der Waals surface area (Å²) in [7, 11) is 0. The van der Waals surface area contributed by atoms with E-state index in [1.807, 2.05) is 0 Å². The molecule has 0 bridgehead atoms. The molecule has 116 valence electrons. The Labute approximate surface area is 118 Å². The van der Waals surface area contributed by atoms with Crippen molar-refractivity contribution in [2.45, 2.75) is 32.5 Å². The van der Waals surface area contributed by atoms with E-state index in [-0.39, 0.29) is 17.9 Å². The molecule has 1 rings (SSSR count). The third kappa shape index (κ3) is 5.01. The second-order valence-electron chi connectivity index (χ2n) is 4.79. The van der Waals surface area contributed by atoms with E-state index in [1.54, 1.807) is 13.8 Å². The van der Waals surface area contributed by atoms with Crippen LogP contribution in [-0.2, 0) is 11.0 Å². The molecule has 6 nitrogen and oxygen atoms in total. The van der Waals surface area contributed by atoms with Gasteiger partial charge in [-0.05, 0) is 12.3 Å². The Hall–Kier alpha value is -2.19. The Balaban J connectivity index is 2.81. The zero-order valence-corrected chi connectivity index (χ0v) is 11.3. The van der Waals surface area contributed by atoms with Crippen LogP contribution >= 0.6 is 0 Å². The lowest BCUT2D eigenvalue weighted by Crippen LogP contribution is -2.41. The highest BCUT2D eigenvalue weighted by atomic mass is 19.4. The van der Waals surface area contributed by atoms with Crippen molar-refractivity contribution >= 4 is 11.9 Å². The molecule has 0 spiro atoms. The van der Waals surface area contributed by atoms with Crippen molar-refractivity contribution in [3.8, 4) is 0 Å². The number of aromatic nitrogens is 2. The minimum Gasteiger partial charge on any atom is -0.480 e. The standard InChI is InChI=1S/C12H14F3N3O3/c1-6(2)3-8(10(20)21)18-9(19)7-4-16-11(17-5-7)12(13,14)15/h4-6,8H,3H2,1-2H3,(H,18,19)(H,20,21)/t8-/m1/s1. The molecule has 0 unspecified atom stereocenters. The lowest BCUT2D eigenvalue weighted by Gasteiger charge is -2.16. The molecule has 1 amide bonds. The van der Waals surface area contributed by atoms with Crippen LogP contribution in [0.5, 0.6) is 0 Å². The molecule has 2 N–H and O–H groups in total. The first-order valence-electron chi connectivity index (χ1n) is 6.04. The van der Waals surface area contributed by atoms with Crippen LogP contribution in [0, 0.1) is 5.92 Å². The van der Waals surface area contributed by atoms with E-state index in [0.29, 0.717) is 12.4 Å². The van der Waals surface area contributed by atoms with Gasteiger partial charge >= 0.3 is 12.1 Å². The van der Waals surface area contributed by atoms with Crippen molar-refractivity contribution in [1.29, 1.82) is 0 Å². The number of carboxylic acids is 1. The number of nitrogens with zero attached hydrogens (tertiary/aromatic N) is 2. The highest BCUT2D eigenvalue weighted by Gasteiger charge is 2.34. The number of hydrogen-bond acceptors (Lipinski definition) is 4. The van der Waals surface area contributed by atoms with Gasteiger partial charge in [-0.15, -0.1) is 0 Å². The van der Waals surface area contributed by atoms with Gasteiger partial charge in [0.15, 0.2) is 0 Å². The fraction of sp³-hybridized carbons (Fsp3) is 0.500. The number of carbonyl (C=O) groups excluding carboxylic acids is 1. The molecular formula is C12H14F3N3O3. The molecule has 21 heavy (non-hydrogen) atoms. The second kappa shape index (κ2) is 6.51. The predicted octanol–water partition coefficient (Wildman–Crippen LogP) is 1.72. The molecule has 0 aromatic carbocycles. The quantitative estimate of drug-likeness (QED) is 0.864. The molecule has 1 aromatic heterocycles. The SMILES string of the molecule is CC(C)C[C@@H](NC(=O)c1cnc(C(F)(F)F)nc1)C(=O)O. The number of carbonyl (C=O) groups is 2. The fourth-order valence-corrected chi connectivity index (χ4v) is 1.53. The third-order valence-corrected chi connectivity index (χ3v) is 2.48. The molecule has 0 saturated carbocycles. The Morgan fingerprint density at radius 2 is 1.81 bits per heavy atom. The monoisotopic (exact) mass is 305 g/mol. The van der Waals surface area contributed by atoms with E-state index in [0.717, 1.165) is 0 Å². The van der Waals surface area contributed by atoms with Gasteiger partial charge in [0.2, 0.25) is 5.82 Å². The van der Waals surface area contributed by atoms with E-state index in [1.165, 1.54) is 0 Å². The molecule has 9 heteroatoms. The van der Waals surface area contributed by atoms with Crippen LogP contribution in [0.3, 0.4) is 0 Å². The summed E-state index contributed by atoms with van der Waals surface area (Å²) in [5, 5.41) is 11.2. The molecule has 0 saturated heterocycles. The van der Waals surface area contributed by atoms with Gasteiger partial charge in [0.05, 0.1) is 5.56 Å².